The fourth-order valence-electron chi connectivity index (χ4n) is 1.14. The summed E-state index contributed by atoms with van der Waals surface area (Å²) in [6.45, 7) is 1.02. The van der Waals surface area contributed by atoms with Crippen LogP contribution in [0.1, 0.15) is 19.3 Å². The van der Waals surface area contributed by atoms with Crippen molar-refractivity contribution < 1.29 is 14.7 Å². The van der Waals surface area contributed by atoms with Crippen LogP contribution >= 0.6 is 0 Å². The average molecular weight is 216 g/mol. The van der Waals surface area contributed by atoms with Gasteiger partial charge in [-0.1, -0.05) is 0 Å². The van der Waals surface area contributed by atoms with Gasteiger partial charge in [-0.3, -0.25) is 9.59 Å². The number of carboxylic acid groups (broad SMARTS) is 1. The van der Waals surface area contributed by atoms with E-state index in [2.05, 4.69) is 0 Å². The van der Waals surface area contributed by atoms with Gasteiger partial charge in [-0.15, -0.1) is 0 Å². The monoisotopic (exact) mass is 216 g/mol. The van der Waals surface area contributed by atoms with Crippen molar-refractivity contribution in [2.24, 2.45) is 0 Å². The van der Waals surface area contributed by atoms with E-state index >= 15 is 0 Å². The van der Waals surface area contributed by atoms with Crippen molar-refractivity contribution in [1.82, 2.24) is 9.80 Å². The van der Waals surface area contributed by atoms with E-state index in [0.717, 1.165) is 6.42 Å². The Morgan fingerprint density at radius 1 is 1.13 bits per heavy atom. The standard InChI is InChI=1S/C10H20N2O3/c1-11(2)8-9(13)12(3)7-5-4-6-10(14)15/h4-8H2,1-3H3,(H,14,15). The van der Waals surface area contributed by atoms with Gasteiger partial charge in [-0.2, -0.15) is 0 Å². The molecule has 0 saturated carbocycles. The van der Waals surface area contributed by atoms with Gasteiger partial charge in [0.15, 0.2) is 0 Å². The third-order valence-corrected chi connectivity index (χ3v) is 2.01. The Labute approximate surface area is 90.7 Å². The van der Waals surface area contributed by atoms with E-state index in [1.165, 1.54) is 0 Å². The van der Waals surface area contributed by atoms with E-state index in [0.29, 0.717) is 19.5 Å². The first-order valence-electron chi connectivity index (χ1n) is 5.04. The first kappa shape index (κ1) is 13.9. The molecule has 0 fully saturated rings. The Morgan fingerprint density at radius 2 is 1.73 bits per heavy atom. The fraction of sp³-hybridized carbons (Fsp3) is 0.800. The highest BCUT2D eigenvalue weighted by atomic mass is 16.4. The molecule has 5 nitrogen and oxygen atoms in total. The summed E-state index contributed by atoms with van der Waals surface area (Å²) in [5.74, 6) is -0.715. The SMILES string of the molecule is CN(C)CC(=O)N(C)CCCCC(=O)O. The minimum atomic E-state index is -0.780. The molecule has 0 rings (SSSR count). The quantitative estimate of drug-likeness (QED) is 0.620. The molecule has 15 heavy (non-hydrogen) atoms. The van der Waals surface area contributed by atoms with E-state index in [9.17, 15) is 9.59 Å². The van der Waals surface area contributed by atoms with Gasteiger partial charge in [0.25, 0.3) is 0 Å². The Balaban J connectivity index is 3.60. The Hall–Kier alpha value is -1.10. The molecule has 1 amide bonds. The molecular formula is C10H20N2O3. The van der Waals surface area contributed by atoms with Gasteiger partial charge in [0.05, 0.1) is 6.54 Å². The number of hydrogen-bond donors (Lipinski definition) is 1. The lowest BCUT2D eigenvalue weighted by Gasteiger charge is -2.19. The molecule has 5 heteroatoms. The maximum absolute atomic E-state index is 11.4. The zero-order chi connectivity index (χ0) is 11.8. The van der Waals surface area contributed by atoms with Crippen molar-refractivity contribution in [2.45, 2.75) is 19.3 Å². The van der Waals surface area contributed by atoms with Crippen LogP contribution < -0.4 is 0 Å². The molecule has 0 aliphatic carbocycles. The Kier molecular flexibility index (Phi) is 6.70. The highest BCUT2D eigenvalue weighted by Crippen LogP contribution is 1.98. The maximum Gasteiger partial charge on any atom is 0.303 e. The smallest absolute Gasteiger partial charge is 0.303 e. The van der Waals surface area contributed by atoms with Crippen LogP contribution in [0, 0.1) is 0 Å². The fourth-order valence-corrected chi connectivity index (χ4v) is 1.14. The number of hydrogen-bond acceptors (Lipinski definition) is 3. The van der Waals surface area contributed by atoms with Crippen LogP contribution in [-0.4, -0.2) is 61.0 Å². The molecule has 0 aromatic heterocycles. The molecule has 0 aromatic rings. The summed E-state index contributed by atoms with van der Waals surface area (Å²) >= 11 is 0. The summed E-state index contributed by atoms with van der Waals surface area (Å²) in [4.78, 5) is 25.1. The average Bonchev–Trinajstić information content (AvgIpc) is 2.10. The first-order valence-corrected chi connectivity index (χ1v) is 5.04. The molecule has 0 bridgehead atoms. The van der Waals surface area contributed by atoms with Gasteiger partial charge in [0, 0.05) is 20.0 Å². The van der Waals surface area contributed by atoms with Crippen LogP contribution in [-0.2, 0) is 9.59 Å². The summed E-state index contributed by atoms with van der Waals surface area (Å²) in [5, 5.41) is 8.42. The van der Waals surface area contributed by atoms with Gasteiger partial charge < -0.3 is 14.9 Å². The third-order valence-electron chi connectivity index (χ3n) is 2.01. The van der Waals surface area contributed by atoms with Gasteiger partial charge >= 0.3 is 5.97 Å². The van der Waals surface area contributed by atoms with Crippen molar-refractivity contribution in [2.75, 3.05) is 34.2 Å². The number of nitrogens with zero attached hydrogens (tertiary/aromatic N) is 2. The summed E-state index contributed by atoms with van der Waals surface area (Å²) < 4.78 is 0. The molecule has 0 spiro atoms. The second-order valence-electron chi connectivity index (χ2n) is 3.90. The summed E-state index contributed by atoms with van der Waals surface area (Å²) in [7, 11) is 5.43. The van der Waals surface area contributed by atoms with E-state index in [1.807, 2.05) is 19.0 Å². The topological polar surface area (TPSA) is 60.9 Å². The zero-order valence-electron chi connectivity index (χ0n) is 9.69. The van der Waals surface area contributed by atoms with Crippen LogP contribution in [0.5, 0.6) is 0 Å². The minimum Gasteiger partial charge on any atom is -0.481 e. The van der Waals surface area contributed by atoms with Gasteiger partial charge in [0.2, 0.25) is 5.91 Å². The normalized spacial score (nSPS) is 10.4. The van der Waals surface area contributed by atoms with Crippen LogP contribution in [0.3, 0.4) is 0 Å². The number of aliphatic carboxylic acids is 1. The third kappa shape index (κ3) is 7.93. The van der Waals surface area contributed by atoms with Crippen molar-refractivity contribution in [3.63, 3.8) is 0 Å². The molecule has 0 aromatic carbocycles. The molecule has 0 radical (unpaired) electrons. The van der Waals surface area contributed by atoms with Crippen molar-refractivity contribution >= 4 is 11.9 Å². The molecule has 0 atom stereocenters. The summed E-state index contributed by atoms with van der Waals surface area (Å²) in [5.41, 5.74) is 0. The van der Waals surface area contributed by atoms with E-state index in [4.69, 9.17) is 5.11 Å². The molecule has 1 N–H and O–H groups in total. The maximum atomic E-state index is 11.4. The van der Waals surface area contributed by atoms with Crippen LogP contribution in [0.4, 0.5) is 0 Å². The second-order valence-corrected chi connectivity index (χ2v) is 3.90. The van der Waals surface area contributed by atoms with Gasteiger partial charge in [0.1, 0.15) is 0 Å². The van der Waals surface area contributed by atoms with E-state index < -0.39 is 5.97 Å². The van der Waals surface area contributed by atoms with Crippen LogP contribution in [0.15, 0.2) is 0 Å². The highest BCUT2D eigenvalue weighted by molar-refractivity contribution is 5.77. The Bertz CT molecular complexity index is 217. The molecule has 0 heterocycles. The van der Waals surface area contributed by atoms with Gasteiger partial charge in [-0.05, 0) is 26.9 Å². The highest BCUT2D eigenvalue weighted by Gasteiger charge is 2.08. The molecule has 0 aliphatic heterocycles. The van der Waals surface area contributed by atoms with Gasteiger partial charge in [-0.25, -0.2) is 0 Å². The number of carbonyl (C=O) groups excluding carboxylic acids is 1. The summed E-state index contributed by atoms with van der Waals surface area (Å²) in [6, 6.07) is 0. The van der Waals surface area contributed by atoms with Crippen molar-refractivity contribution in [3.05, 3.63) is 0 Å². The number of likely N-dealkylation sites (N-methyl/N-ethyl adjacent to an activating group) is 2. The minimum absolute atomic E-state index is 0.0651. The largest absolute Gasteiger partial charge is 0.481 e. The molecule has 0 aliphatic rings. The van der Waals surface area contributed by atoms with Crippen LogP contribution in [0.2, 0.25) is 0 Å². The lowest BCUT2D eigenvalue weighted by atomic mass is 10.2. The predicted octanol–water partition coefficient (Wildman–Crippen LogP) is 0.261. The number of unbranched alkanes of at least 4 members (excludes halogenated alkanes) is 1. The lowest BCUT2D eigenvalue weighted by molar-refractivity contribution is -0.137. The number of amides is 1. The zero-order valence-corrected chi connectivity index (χ0v) is 9.69. The second kappa shape index (κ2) is 7.23. The first-order chi connectivity index (χ1) is 6.93. The number of rotatable bonds is 7. The molecule has 88 valence electrons. The summed E-state index contributed by atoms with van der Waals surface area (Å²) in [6.07, 6.45) is 1.53. The number of carboxylic acids is 1. The van der Waals surface area contributed by atoms with Crippen molar-refractivity contribution in [3.8, 4) is 0 Å². The Morgan fingerprint density at radius 3 is 2.20 bits per heavy atom. The van der Waals surface area contributed by atoms with Crippen molar-refractivity contribution in [1.29, 1.82) is 0 Å². The molecule has 0 saturated heterocycles. The van der Waals surface area contributed by atoms with E-state index in [1.54, 1.807) is 11.9 Å². The van der Waals surface area contributed by atoms with E-state index in [-0.39, 0.29) is 12.3 Å². The van der Waals surface area contributed by atoms with Crippen LogP contribution in [0.25, 0.3) is 0 Å². The molecule has 0 unspecified atom stereocenters. The number of carbonyl (C=O) groups is 2. The lowest BCUT2D eigenvalue weighted by Crippen LogP contribution is -2.35. The predicted molar refractivity (Wildman–Crippen MR) is 57.7 cm³/mol. The molecular weight excluding hydrogens is 196 g/mol.